The van der Waals surface area contributed by atoms with Gasteiger partial charge in [-0.15, -0.1) is 0 Å². The van der Waals surface area contributed by atoms with E-state index in [1.165, 1.54) is 16.7 Å². The summed E-state index contributed by atoms with van der Waals surface area (Å²) in [6, 6.07) is 28.2. The minimum atomic E-state index is 0.368. The minimum absolute atomic E-state index is 0.368. The zero-order valence-corrected chi connectivity index (χ0v) is 13.5. The van der Waals surface area contributed by atoms with Crippen molar-refractivity contribution in [3.63, 3.8) is 0 Å². The highest BCUT2D eigenvalue weighted by atomic mass is 16.3. The summed E-state index contributed by atoms with van der Waals surface area (Å²) < 4.78 is 0. The van der Waals surface area contributed by atoms with Gasteiger partial charge in [0.25, 0.3) is 0 Å². The van der Waals surface area contributed by atoms with Crippen molar-refractivity contribution in [3.05, 3.63) is 109 Å². The molecule has 0 bridgehead atoms. The van der Waals surface area contributed by atoms with E-state index in [0.29, 0.717) is 5.75 Å². The molecule has 1 aliphatic rings. The maximum absolute atomic E-state index is 9.50. The van der Waals surface area contributed by atoms with Crippen LogP contribution in [-0.4, -0.2) is 5.11 Å². The highest BCUT2D eigenvalue weighted by Crippen LogP contribution is 2.29. The summed E-state index contributed by atoms with van der Waals surface area (Å²) in [4.78, 5) is 0. The Morgan fingerprint density at radius 3 is 1.67 bits per heavy atom. The first kappa shape index (κ1) is 15.8. The molecule has 0 aromatic heterocycles. The number of phenols is 1. The van der Waals surface area contributed by atoms with Crippen LogP contribution in [0.2, 0.25) is 0 Å². The van der Waals surface area contributed by atoms with E-state index in [2.05, 4.69) is 54.6 Å². The molecule has 3 aromatic carbocycles. The summed E-state index contributed by atoms with van der Waals surface area (Å²) in [5, 5.41) is 9.50. The van der Waals surface area contributed by atoms with E-state index in [4.69, 9.17) is 0 Å². The molecule has 0 saturated heterocycles. The molecular weight excluding hydrogens is 292 g/mol. The van der Waals surface area contributed by atoms with Crippen LogP contribution in [0.4, 0.5) is 0 Å². The second kappa shape index (κ2) is 7.98. The van der Waals surface area contributed by atoms with Crippen molar-refractivity contribution in [3.8, 4) is 16.9 Å². The summed E-state index contributed by atoms with van der Waals surface area (Å²) in [6.07, 6.45) is 7.07. The predicted octanol–water partition coefficient (Wildman–Crippen LogP) is 6.09. The van der Waals surface area contributed by atoms with Crippen LogP contribution >= 0.6 is 0 Å². The van der Waals surface area contributed by atoms with Crippen molar-refractivity contribution < 1.29 is 5.11 Å². The molecule has 0 amide bonds. The van der Waals surface area contributed by atoms with E-state index in [9.17, 15) is 5.11 Å². The second-order valence-electron chi connectivity index (χ2n) is 5.57. The van der Waals surface area contributed by atoms with Gasteiger partial charge in [0.1, 0.15) is 5.75 Å². The van der Waals surface area contributed by atoms with Crippen molar-refractivity contribution in [2.24, 2.45) is 0 Å². The van der Waals surface area contributed by atoms with E-state index >= 15 is 0 Å². The van der Waals surface area contributed by atoms with Crippen molar-refractivity contribution in [1.29, 1.82) is 0 Å². The predicted molar refractivity (Wildman–Crippen MR) is 102 cm³/mol. The van der Waals surface area contributed by atoms with E-state index in [1.807, 2.05) is 42.5 Å². The second-order valence-corrected chi connectivity index (χ2v) is 5.57. The molecule has 0 heterocycles. The third kappa shape index (κ3) is 4.02. The van der Waals surface area contributed by atoms with Gasteiger partial charge in [0.15, 0.2) is 0 Å². The quantitative estimate of drug-likeness (QED) is 0.607. The van der Waals surface area contributed by atoms with Gasteiger partial charge < -0.3 is 5.11 Å². The van der Waals surface area contributed by atoms with Gasteiger partial charge in [0, 0.05) is 5.56 Å². The number of aromatic hydroxyl groups is 1. The Morgan fingerprint density at radius 2 is 1.17 bits per heavy atom. The van der Waals surface area contributed by atoms with Crippen LogP contribution in [0.3, 0.4) is 0 Å². The molecule has 1 heteroatoms. The van der Waals surface area contributed by atoms with Crippen molar-refractivity contribution in [2.45, 2.75) is 6.42 Å². The van der Waals surface area contributed by atoms with Crippen LogP contribution in [0.15, 0.2) is 103 Å². The van der Waals surface area contributed by atoms with Crippen LogP contribution < -0.4 is 0 Å². The average Bonchev–Trinajstić information content (AvgIpc) is 3.19. The first-order chi connectivity index (χ1) is 11.8. The standard InChI is InChI=1S/C12H10.C11H10O/c1-3-7-11(8-4-1)12-9-5-2-6-10-12;12-11-8-4-3-7-10(11)9-5-1-2-6-9/h1-10H;1-5,7-8,12H,6H2. The average molecular weight is 312 g/mol. The van der Waals surface area contributed by atoms with Crippen LogP contribution in [0.25, 0.3) is 16.7 Å². The van der Waals surface area contributed by atoms with Crippen molar-refractivity contribution in [1.82, 2.24) is 0 Å². The molecular formula is C23H20O. The minimum Gasteiger partial charge on any atom is -0.507 e. The Labute approximate surface area is 143 Å². The SMILES string of the molecule is Oc1ccccc1C1=CC=CC1.c1ccc(-c2ccccc2)cc1. The number of benzene rings is 3. The van der Waals surface area contributed by atoms with Gasteiger partial charge in [0.05, 0.1) is 0 Å². The molecule has 0 fully saturated rings. The molecule has 1 nitrogen and oxygen atoms in total. The zero-order valence-electron chi connectivity index (χ0n) is 13.5. The molecule has 1 N–H and O–H groups in total. The number of hydrogen-bond donors (Lipinski definition) is 1. The van der Waals surface area contributed by atoms with E-state index < -0.39 is 0 Å². The summed E-state index contributed by atoms with van der Waals surface area (Å²) in [5.74, 6) is 0.368. The zero-order chi connectivity index (χ0) is 16.6. The monoisotopic (exact) mass is 312 g/mol. The topological polar surface area (TPSA) is 20.2 Å². The Morgan fingerprint density at radius 1 is 0.625 bits per heavy atom. The van der Waals surface area contributed by atoms with E-state index in [1.54, 1.807) is 6.07 Å². The number of para-hydroxylation sites is 1. The van der Waals surface area contributed by atoms with Crippen LogP contribution in [-0.2, 0) is 0 Å². The third-order valence-corrected chi connectivity index (χ3v) is 3.90. The van der Waals surface area contributed by atoms with E-state index in [0.717, 1.165) is 12.0 Å². The van der Waals surface area contributed by atoms with Gasteiger partial charge in [-0.3, -0.25) is 0 Å². The van der Waals surface area contributed by atoms with Crippen molar-refractivity contribution in [2.75, 3.05) is 0 Å². The number of phenolic OH excluding ortho intramolecular Hbond substituents is 1. The lowest BCUT2D eigenvalue weighted by molar-refractivity contribution is 0.473. The fraction of sp³-hybridized carbons (Fsp3) is 0.0435. The summed E-state index contributed by atoms with van der Waals surface area (Å²) in [6.45, 7) is 0. The smallest absolute Gasteiger partial charge is 0.123 e. The summed E-state index contributed by atoms with van der Waals surface area (Å²) in [7, 11) is 0. The molecule has 24 heavy (non-hydrogen) atoms. The lowest BCUT2D eigenvalue weighted by Gasteiger charge is -2.03. The first-order valence-electron chi connectivity index (χ1n) is 8.09. The first-order valence-corrected chi connectivity index (χ1v) is 8.09. The van der Waals surface area contributed by atoms with Gasteiger partial charge in [-0.05, 0) is 29.2 Å². The molecule has 4 rings (SSSR count). The molecule has 0 radical (unpaired) electrons. The fourth-order valence-corrected chi connectivity index (χ4v) is 2.65. The van der Waals surface area contributed by atoms with Gasteiger partial charge in [-0.1, -0.05) is 97.1 Å². The Balaban J connectivity index is 0.000000141. The van der Waals surface area contributed by atoms with Gasteiger partial charge in [0.2, 0.25) is 0 Å². The Bertz CT molecular complexity index is 793. The van der Waals surface area contributed by atoms with Gasteiger partial charge >= 0.3 is 0 Å². The van der Waals surface area contributed by atoms with Gasteiger partial charge in [-0.2, -0.15) is 0 Å². The molecule has 0 atom stereocenters. The summed E-state index contributed by atoms with van der Waals surface area (Å²) >= 11 is 0. The lowest BCUT2D eigenvalue weighted by atomic mass is 10.0. The van der Waals surface area contributed by atoms with Crippen molar-refractivity contribution >= 4 is 5.57 Å². The molecule has 118 valence electrons. The number of hydrogen-bond acceptors (Lipinski definition) is 1. The highest BCUT2D eigenvalue weighted by molar-refractivity contribution is 5.74. The lowest BCUT2D eigenvalue weighted by Crippen LogP contribution is -1.80. The number of allylic oxidation sites excluding steroid dienone is 4. The molecule has 1 aliphatic carbocycles. The van der Waals surface area contributed by atoms with Gasteiger partial charge in [-0.25, -0.2) is 0 Å². The molecule has 0 aliphatic heterocycles. The molecule has 0 unspecified atom stereocenters. The van der Waals surface area contributed by atoms with E-state index in [-0.39, 0.29) is 0 Å². The normalized spacial score (nSPS) is 12.2. The molecule has 0 spiro atoms. The molecule has 3 aromatic rings. The largest absolute Gasteiger partial charge is 0.507 e. The van der Waals surface area contributed by atoms with Crippen LogP contribution in [0, 0.1) is 0 Å². The maximum atomic E-state index is 9.50. The van der Waals surface area contributed by atoms with Crippen LogP contribution in [0.5, 0.6) is 5.75 Å². The third-order valence-electron chi connectivity index (χ3n) is 3.90. The Hall–Kier alpha value is -3.06. The summed E-state index contributed by atoms with van der Waals surface area (Å²) in [5.41, 5.74) is 4.69. The maximum Gasteiger partial charge on any atom is 0.123 e. The fourth-order valence-electron chi connectivity index (χ4n) is 2.65. The highest BCUT2D eigenvalue weighted by Gasteiger charge is 2.06. The molecule has 0 saturated carbocycles. The van der Waals surface area contributed by atoms with Crippen LogP contribution in [0.1, 0.15) is 12.0 Å². The number of rotatable bonds is 2. The Kier molecular flexibility index (Phi) is 5.26.